The summed E-state index contributed by atoms with van der Waals surface area (Å²) in [5.74, 6) is -1.35. The zero-order valence-electron chi connectivity index (χ0n) is 18.9. The predicted molar refractivity (Wildman–Crippen MR) is 136 cm³/mol. The summed E-state index contributed by atoms with van der Waals surface area (Å²) in [5.41, 5.74) is 3.37. The molecule has 0 bridgehead atoms. The number of halogens is 2. The number of carbonyl (C=O) groups is 2. The number of anilines is 2. The highest BCUT2D eigenvalue weighted by Crippen LogP contribution is 2.37. The molecule has 1 aromatic heterocycles. The van der Waals surface area contributed by atoms with Crippen LogP contribution in [-0.4, -0.2) is 29.8 Å². The Hall–Kier alpha value is -3.25. The molecule has 9 heteroatoms. The van der Waals surface area contributed by atoms with Crippen LogP contribution in [0, 0.1) is 23.1 Å². The number of hydrogen-bond donors (Lipinski definition) is 1. The first-order chi connectivity index (χ1) is 16.5. The minimum absolute atomic E-state index is 0. The molecule has 35 heavy (non-hydrogen) atoms. The number of rotatable bonds is 5. The largest absolute Gasteiger partial charge is 0.316 e. The molecular formula is C26H24ClFN4O2S. The molecule has 0 radical (unpaired) electrons. The van der Waals surface area contributed by atoms with E-state index in [0.717, 1.165) is 36.5 Å². The van der Waals surface area contributed by atoms with Crippen LogP contribution >= 0.6 is 23.7 Å². The van der Waals surface area contributed by atoms with Gasteiger partial charge in [-0.05, 0) is 41.8 Å². The molecule has 2 aromatic carbocycles. The molecule has 2 aliphatic heterocycles. The lowest BCUT2D eigenvalue weighted by Gasteiger charge is -2.26. The molecule has 1 atom stereocenters. The van der Waals surface area contributed by atoms with Crippen LogP contribution in [0.2, 0.25) is 0 Å². The molecule has 2 aliphatic rings. The smallest absolute Gasteiger partial charge is 0.230 e. The number of benzene rings is 2. The van der Waals surface area contributed by atoms with E-state index >= 15 is 0 Å². The summed E-state index contributed by atoms with van der Waals surface area (Å²) in [6.07, 6.45) is 0.846. The van der Waals surface area contributed by atoms with E-state index in [4.69, 9.17) is 0 Å². The fourth-order valence-electron chi connectivity index (χ4n) is 4.61. The highest BCUT2D eigenvalue weighted by atomic mass is 35.5. The molecule has 2 amide bonds. The molecule has 1 unspecified atom stereocenters. The third-order valence-corrected chi connectivity index (χ3v) is 7.50. The van der Waals surface area contributed by atoms with Gasteiger partial charge in [-0.3, -0.25) is 14.5 Å². The first-order valence-corrected chi connectivity index (χ1v) is 12.0. The molecule has 3 aromatic rings. The van der Waals surface area contributed by atoms with E-state index in [0.29, 0.717) is 16.3 Å². The van der Waals surface area contributed by atoms with Gasteiger partial charge >= 0.3 is 0 Å². The Balaban J connectivity index is 0.00000289. The predicted octanol–water partition coefficient (Wildman–Crippen LogP) is 4.73. The van der Waals surface area contributed by atoms with Crippen LogP contribution in [0.4, 0.5) is 15.1 Å². The Morgan fingerprint density at radius 2 is 1.91 bits per heavy atom. The van der Waals surface area contributed by atoms with E-state index in [1.54, 1.807) is 0 Å². The van der Waals surface area contributed by atoms with E-state index in [1.807, 2.05) is 18.2 Å². The Morgan fingerprint density at radius 3 is 2.63 bits per heavy atom. The average Bonchev–Trinajstić information content (AvgIpc) is 3.39. The number of nitrogens with zero attached hydrogens (tertiary/aromatic N) is 3. The molecule has 3 heterocycles. The van der Waals surface area contributed by atoms with Gasteiger partial charge in [0.15, 0.2) is 0 Å². The molecule has 0 spiro atoms. The zero-order chi connectivity index (χ0) is 23.7. The quantitative estimate of drug-likeness (QED) is 0.538. The van der Waals surface area contributed by atoms with Gasteiger partial charge in [-0.25, -0.2) is 4.39 Å². The van der Waals surface area contributed by atoms with Crippen LogP contribution in [0.1, 0.15) is 28.0 Å². The molecule has 6 nitrogen and oxygen atoms in total. The van der Waals surface area contributed by atoms with E-state index < -0.39 is 5.92 Å². The van der Waals surface area contributed by atoms with Crippen LogP contribution in [0.5, 0.6) is 0 Å². The van der Waals surface area contributed by atoms with Crippen molar-refractivity contribution in [3.05, 3.63) is 82.0 Å². The minimum Gasteiger partial charge on any atom is -0.316 e. The molecule has 1 fully saturated rings. The number of hydrogen-bond acceptors (Lipinski definition) is 5. The number of fused-ring (bicyclic) bond motifs is 1. The highest BCUT2D eigenvalue weighted by Gasteiger charge is 2.36. The standard InChI is InChI=1S/C26H23FN4O2S.ClH/c27-19-6-8-20(9-7-19)31-15-18(12-24(31)32)25(33)29-26-22(13-28)21-10-11-30(16-23(21)34-26)14-17-4-2-1-3-5-17;/h1-9,18H,10-12,14-16H2,(H,29,33);1H. The van der Waals surface area contributed by atoms with Crippen molar-refractivity contribution in [2.45, 2.75) is 25.9 Å². The van der Waals surface area contributed by atoms with Gasteiger partial charge in [0.05, 0.1) is 11.5 Å². The van der Waals surface area contributed by atoms with Crippen LogP contribution in [0.15, 0.2) is 54.6 Å². The Bertz CT molecular complexity index is 1270. The summed E-state index contributed by atoms with van der Waals surface area (Å²) in [6, 6.07) is 18.2. The van der Waals surface area contributed by atoms with Crippen molar-refractivity contribution in [1.82, 2.24) is 4.90 Å². The third-order valence-electron chi connectivity index (χ3n) is 6.37. The van der Waals surface area contributed by atoms with Crippen molar-refractivity contribution in [3.63, 3.8) is 0 Å². The molecule has 5 rings (SSSR count). The van der Waals surface area contributed by atoms with Crippen molar-refractivity contribution in [1.29, 1.82) is 5.26 Å². The lowest BCUT2D eigenvalue weighted by Crippen LogP contribution is -2.29. The van der Waals surface area contributed by atoms with Gasteiger partial charge in [-0.1, -0.05) is 30.3 Å². The second-order valence-electron chi connectivity index (χ2n) is 8.64. The van der Waals surface area contributed by atoms with Crippen LogP contribution in [0.25, 0.3) is 0 Å². The maximum Gasteiger partial charge on any atom is 0.230 e. The van der Waals surface area contributed by atoms with E-state index in [1.165, 1.54) is 46.1 Å². The van der Waals surface area contributed by atoms with Crippen LogP contribution in [0.3, 0.4) is 0 Å². The average molecular weight is 511 g/mol. The van der Waals surface area contributed by atoms with Gasteiger partial charge in [0, 0.05) is 43.2 Å². The topological polar surface area (TPSA) is 76.4 Å². The third kappa shape index (κ3) is 5.22. The van der Waals surface area contributed by atoms with Crippen LogP contribution in [-0.2, 0) is 29.1 Å². The number of nitriles is 1. The summed E-state index contributed by atoms with van der Waals surface area (Å²) in [6.45, 7) is 2.66. The SMILES string of the molecule is Cl.N#Cc1c(NC(=O)C2CC(=O)N(c3ccc(F)cc3)C2)sc2c1CCN(Cc1ccccc1)C2. The number of nitrogens with one attached hydrogen (secondary N) is 1. The van der Waals surface area contributed by atoms with Gasteiger partial charge in [0.1, 0.15) is 16.9 Å². The van der Waals surface area contributed by atoms with Crippen molar-refractivity contribution in [3.8, 4) is 6.07 Å². The first-order valence-electron chi connectivity index (χ1n) is 11.2. The fourth-order valence-corrected chi connectivity index (χ4v) is 5.85. The number of carbonyl (C=O) groups excluding carboxylic acids is 2. The lowest BCUT2D eigenvalue weighted by molar-refractivity contribution is -0.122. The Kier molecular flexibility index (Phi) is 7.51. The number of amides is 2. The molecule has 0 saturated carbocycles. The molecule has 1 N–H and O–H groups in total. The van der Waals surface area contributed by atoms with E-state index in [2.05, 4.69) is 28.4 Å². The highest BCUT2D eigenvalue weighted by molar-refractivity contribution is 7.16. The van der Waals surface area contributed by atoms with Crippen LogP contribution < -0.4 is 10.2 Å². The van der Waals surface area contributed by atoms with Gasteiger partial charge < -0.3 is 10.2 Å². The zero-order valence-corrected chi connectivity index (χ0v) is 20.5. The van der Waals surface area contributed by atoms with Gasteiger partial charge in [-0.2, -0.15) is 5.26 Å². The maximum atomic E-state index is 13.2. The maximum absolute atomic E-state index is 13.2. The summed E-state index contributed by atoms with van der Waals surface area (Å²) < 4.78 is 13.2. The van der Waals surface area contributed by atoms with Crippen molar-refractivity contribution >= 4 is 46.2 Å². The fraction of sp³-hybridized carbons (Fsp3) is 0.269. The molecular weight excluding hydrogens is 487 g/mol. The molecule has 0 aliphatic carbocycles. The van der Waals surface area contributed by atoms with Crippen molar-refractivity contribution < 1.29 is 14.0 Å². The summed E-state index contributed by atoms with van der Waals surface area (Å²) >= 11 is 1.45. The van der Waals surface area contributed by atoms with Crippen molar-refractivity contribution in [2.24, 2.45) is 5.92 Å². The van der Waals surface area contributed by atoms with Gasteiger partial charge in [0.25, 0.3) is 0 Å². The summed E-state index contributed by atoms with van der Waals surface area (Å²) in [5, 5.41) is 13.3. The second-order valence-corrected chi connectivity index (χ2v) is 9.74. The molecule has 180 valence electrons. The first kappa shape index (κ1) is 24.9. The normalized spacial score (nSPS) is 17.4. The van der Waals surface area contributed by atoms with Gasteiger partial charge in [0.2, 0.25) is 11.8 Å². The molecule has 1 saturated heterocycles. The Morgan fingerprint density at radius 1 is 1.17 bits per heavy atom. The monoisotopic (exact) mass is 510 g/mol. The van der Waals surface area contributed by atoms with Gasteiger partial charge in [-0.15, -0.1) is 23.7 Å². The second kappa shape index (κ2) is 10.6. The van der Waals surface area contributed by atoms with E-state index in [-0.39, 0.29) is 43.0 Å². The Labute approximate surface area is 213 Å². The lowest BCUT2D eigenvalue weighted by atomic mass is 10.0. The number of thiophene rings is 1. The minimum atomic E-state index is -0.530. The summed E-state index contributed by atoms with van der Waals surface area (Å²) in [4.78, 5) is 30.5. The van der Waals surface area contributed by atoms with E-state index in [9.17, 15) is 19.2 Å². The van der Waals surface area contributed by atoms with Crippen molar-refractivity contribution in [2.75, 3.05) is 23.3 Å². The summed E-state index contributed by atoms with van der Waals surface area (Å²) in [7, 11) is 0.